The third-order valence-corrected chi connectivity index (χ3v) is 5.89. The van der Waals surface area contributed by atoms with Crippen LogP contribution in [-0.2, 0) is 26.4 Å². The molecule has 0 bridgehead atoms. The zero-order valence-corrected chi connectivity index (χ0v) is 19.3. The number of hydrogen-bond donors (Lipinski definition) is 2. The molecule has 2 N–H and O–H groups in total. The number of aliphatic hydroxyl groups excluding tert-OH is 1. The van der Waals surface area contributed by atoms with Crippen LogP contribution in [0.4, 0.5) is 5.82 Å². The van der Waals surface area contributed by atoms with E-state index < -0.39 is 9.84 Å². The minimum atomic E-state index is -3.19. The van der Waals surface area contributed by atoms with Gasteiger partial charge in [0, 0.05) is 38.0 Å². The van der Waals surface area contributed by atoms with E-state index in [-0.39, 0.29) is 30.4 Å². The lowest BCUT2D eigenvalue weighted by Gasteiger charge is -2.25. The van der Waals surface area contributed by atoms with Gasteiger partial charge in [-0.1, -0.05) is 13.0 Å². The van der Waals surface area contributed by atoms with Gasteiger partial charge in [0.25, 0.3) is 0 Å². The number of sulfone groups is 1. The van der Waals surface area contributed by atoms with Crippen LogP contribution in [0.15, 0.2) is 52.6 Å². The van der Waals surface area contributed by atoms with Crippen molar-refractivity contribution in [1.29, 1.82) is 0 Å². The van der Waals surface area contributed by atoms with Crippen molar-refractivity contribution in [1.82, 2.24) is 9.78 Å². The predicted octanol–water partition coefficient (Wildman–Crippen LogP) is 2.20. The molecule has 10 heteroatoms. The standard InChI is InChI=1S/C21H32N4O5S/c1-5-18(13-22-15-31(27,28)6-2)30-20-10-17(9-19(11-20)29-16(3)14-26)12-23-21-7-8-25(4)24-21/h5,7-10,13,16,19,26H,6,11-12,14-15H2,1-4H3,(H,23,24)/b18-5+,22-13-/t16-,19?/m0/s1. The van der Waals surface area contributed by atoms with Gasteiger partial charge in [-0.15, -0.1) is 0 Å². The largest absolute Gasteiger partial charge is 0.460 e. The van der Waals surface area contributed by atoms with E-state index in [4.69, 9.17) is 9.47 Å². The Morgan fingerprint density at radius 1 is 1.52 bits per heavy atom. The Hall–Kier alpha value is -2.43. The van der Waals surface area contributed by atoms with Crippen LogP contribution >= 0.6 is 0 Å². The zero-order chi connectivity index (χ0) is 22.9. The van der Waals surface area contributed by atoms with Crippen molar-refractivity contribution in [2.45, 2.75) is 39.4 Å². The van der Waals surface area contributed by atoms with E-state index in [1.54, 1.807) is 31.5 Å². The normalized spacial score (nSPS) is 18.6. The molecule has 0 fully saturated rings. The lowest BCUT2D eigenvalue weighted by Crippen LogP contribution is -2.25. The van der Waals surface area contributed by atoms with E-state index in [0.29, 0.717) is 24.5 Å². The highest BCUT2D eigenvalue weighted by Gasteiger charge is 2.20. The van der Waals surface area contributed by atoms with Gasteiger partial charge in [0.15, 0.2) is 9.84 Å². The van der Waals surface area contributed by atoms with E-state index in [1.165, 1.54) is 6.21 Å². The smallest absolute Gasteiger partial charge is 0.170 e. The van der Waals surface area contributed by atoms with Gasteiger partial charge in [-0.05, 0) is 31.6 Å². The first-order valence-electron chi connectivity index (χ1n) is 10.2. The first-order valence-corrected chi connectivity index (χ1v) is 12.0. The van der Waals surface area contributed by atoms with Gasteiger partial charge in [0.1, 0.15) is 23.2 Å². The molecule has 0 saturated heterocycles. The third kappa shape index (κ3) is 8.68. The molecule has 1 aliphatic rings. The van der Waals surface area contributed by atoms with Crippen LogP contribution in [0.25, 0.3) is 0 Å². The number of aliphatic imine (C=N–C) groups is 1. The number of hydrogen-bond acceptors (Lipinski definition) is 8. The van der Waals surface area contributed by atoms with Crippen LogP contribution in [0, 0.1) is 0 Å². The summed E-state index contributed by atoms with van der Waals surface area (Å²) in [6, 6.07) is 1.88. The third-order valence-electron chi connectivity index (χ3n) is 4.46. The summed E-state index contributed by atoms with van der Waals surface area (Å²) in [6.07, 6.45) is 8.81. The maximum Gasteiger partial charge on any atom is 0.170 e. The Bertz CT molecular complexity index is 947. The minimum Gasteiger partial charge on any atom is -0.460 e. The quantitative estimate of drug-likeness (QED) is 0.369. The highest BCUT2D eigenvalue weighted by atomic mass is 32.2. The number of allylic oxidation sites excluding steroid dienone is 2. The molecule has 9 nitrogen and oxygen atoms in total. The highest BCUT2D eigenvalue weighted by Crippen LogP contribution is 2.24. The van der Waals surface area contributed by atoms with E-state index in [9.17, 15) is 13.5 Å². The first-order chi connectivity index (χ1) is 14.7. The molecule has 0 radical (unpaired) electrons. The number of rotatable bonds is 12. The van der Waals surface area contributed by atoms with Crippen molar-refractivity contribution in [2.75, 3.05) is 30.1 Å². The monoisotopic (exact) mass is 452 g/mol. The van der Waals surface area contributed by atoms with Crippen LogP contribution in [-0.4, -0.2) is 66.5 Å². The van der Waals surface area contributed by atoms with Crippen molar-refractivity contribution < 1.29 is 23.0 Å². The summed E-state index contributed by atoms with van der Waals surface area (Å²) in [4.78, 5) is 3.99. The van der Waals surface area contributed by atoms with Gasteiger partial charge in [-0.2, -0.15) is 5.10 Å². The summed E-state index contributed by atoms with van der Waals surface area (Å²) >= 11 is 0. The average Bonchev–Trinajstić information content (AvgIpc) is 3.16. The molecular formula is C21H32N4O5S. The Kier molecular flexibility index (Phi) is 9.47. The second kappa shape index (κ2) is 11.8. The summed E-state index contributed by atoms with van der Waals surface area (Å²) in [6.45, 7) is 5.62. The fraction of sp³-hybridized carbons (Fsp3) is 0.524. The van der Waals surface area contributed by atoms with Crippen molar-refractivity contribution in [3.8, 4) is 0 Å². The summed E-state index contributed by atoms with van der Waals surface area (Å²) in [7, 11) is -1.34. The van der Waals surface area contributed by atoms with Crippen molar-refractivity contribution in [2.24, 2.45) is 12.0 Å². The second-order valence-electron chi connectivity index (χ2n) is 7.22. The van der Waals surface area contributed by atoms with E-state index >= 15 is 0 Å². The Labute approximate surface area is 184 Å². The summed E-state index contributed by atoms with van der Waals surface area (Å²) in [5.41, 5.74) is 0.947. The zero-order valence-electron chi connectivity index (χ0n) is 18.5. The maximum absolute atomic E-state index is 11.6. The number of aromatic nitrogens is 2. The van der Waals surface area contributed by atoms with Gasteiger partial charge >= 0.3 is 0 Å². The molecule has 2 atom stereocenters. The number of aryl methyl sites for hydroxylation is 1. The lowest BCUT2D eigenvalue weighted by molar-refractivity contribution is -0.0123. The molecule has 1 aromatic rings. The predicted molar refractivity (Wildman–Crippen MR) is 122 cm³/mol. The highest BCUT2D eigenvalue weighted by molar-refractivity contribution is 7.91. The number of nitrogens with one attached hydrogen (secondary N) is 1. The molecule has 1 aliphatic carbocycles. The molecular weight excluding hydrogens is 420 g/mol. The molecule has 1 heterocycles. The maximum atomic E-state index is 11.6. The minimum absolute atomic E-state index is 0.0427. The van der Waals surface area contributed by atoms with Crippen LogP contribution in [0.1, 0.15) is 27.2 Å². The van der Waals surface area contributed by atoms with Crippen LogP contribution < -0.4 is 5.32 Å². The lowest BCUT2D eigenvalue weighted by atomic mass is 10.0. The van der Waals surface area contributed by atoms with Crippen LogP contribution in [0.5, 0.6) is 0 Å². The summed E-state index contributed by atoms with van der Waals surface area (Å²) < 4.78 is 36.8. The Morgan fingerprint density at radius 3 is 2.90 bits per heavy atom. The van der Waals surface area contributed by atoms with E-state index in [2.05, 4.69) is 15.4 Å². The molecule has 0 aromatic carbocycles. The average molecular weight is 453 g/mol. The number of nitrogens with zero attached hydrogens (tertiary/aromatic N) is 3. The van der Waals surface area contributed by atoms with E-state index in [0.717, 1.165) is 11.4 Å². The van der Waals surface area contributed by atoms with Crippen molar-refractivity contribution >= 4 is 21.9 Å². The molecule has 0 amide bonds. The van der Waals surface area contributed by atoms with Crippen LogP contribution in [0.2, 0.25) is 0 Å². The van der Waals surface area contributed by atoms with Gasteiger partial charge in [0.2, 0.25) is 0 Å². The molecule has 1 unspecified atom stereocenters. The van der Waals surface area contributed by atoms with Crippen molar-refractivity contribution in [3.05, 3.63) is 47.6 Å². The SMILES string of the molecule is C/C=C(\C=N/CS(=O)(=O)CC)OC1=CC(CNc2ccn(C)n2)=CC(O[C@@H](C)CO)C1. The Balaban J connectivity index is 2.10. The van der Waals surface area contributed by atoms with Gasteiger partial charge in [-0.3, -0.25) is 9.67 Å². The topological polar surface area (TPSA) is 115 Å². The Morgan fingerprint density at radius 2 is 2.29 bits per heavy atom. The molecule has 1 aromatic heterocycles. The molecule has 31 heavy (non-hydrogen) atoms. The fourth-order valence-electron chi connectivity index (χ4n) is 2.76. The van der Waals surface area contributed by atoms with E-state index in [1.807, 2.05) is 31.5 Å². The van der Waals surface area contributed by atoms with Gasteiger partial charge in [0.05, 0.1) is 25.0 Å². The van der Waals surface area contributed by atoms with Crippen molar-refractivity contribution in [3.63, 3.8) is 0 Å². The second-order valence-corrected chi connectivity index (χ2v) is 9.54. The first kappa shape index (κ1) is 24.8. The fourth-order valence-corrected chi connectivity index (χ4v) is 3.25. The summed E-state index contributed by atoms with van der Waals surface area (Å²) in [5.74, 6) is 1.63. The molecule has 0 aliphatic heterocycles. The molecule has 0 saturated carbocycles. The molecule has 172 valence electrons. The summed E-state index contributed by atoms with van der Waals surface area (Å²) in [5, 5.41) is 16.9. The van der Waals surface area contributed by atoms with Crippen LogP contribution in [0.3, 0.4) is 0 Å². The molecule has 0 spiro atoms. The molecule has 2 rings (SSSR count). The number of ether oxygens (including phenoxy) is 2. The van der Waals surface area contributed by atoms with Gasteiger partial charge in [-0.25, -0.2) is 8.42 Å². The van der Waals surface area contributed by atoms with Gasteiger partial charge < -0.3 is 19.9 Å². The number of aliphatic hydroxyl groups is 1. The number of anilines is 1.